The molecule has 3 aromatic rings. The maximum absolute atomic E-state index is 13.3. The highest BCUT2D eigenvalue weighted by Crippen LogP contribution is 2.25. The first-order valence-electron chi connectivity index (χ1n) is 11.5. The van der Waals surface area contributed by atoms with Crippen molar-refractivity contribution < 1.29 is 14.3 Å². The summed E-state index contributed by atoms with van der Waals surface area (Å²) in [7, 11) is 0. The van der Waals surface area contributed by atoms with Crippen LogP contribution < -0.4 is 10.1 Å². The molecule has 0 heterocycles. The number of carbonyl (C=O) groups excluding carboxylic acids is 2. The summed E-state index contributed by atoms with van der Waals surface area (Å²) in [5.41, 5.74) is 0.863. The van der Waals surface area contributed by atoms with Gasteiger partial charge in [0, 0.05) is 23.0 Å². The Hall–Kier alpha value is -3.05. The SMILES string of the molecule is CC(C(=O)NC1CCCC1)N(Cc1cccc(Cl)c1)C(=O)COc1cccc2ccccc12. The number of carbonyl (C=O) groups is 2. The first-order valence-corrected chi connectivity index (χ1v) is 11.8. The molecular weight excluding hydrogens is 436 g/mol. The summed E-state index contributed by atoms with van der Waals surface area (Å²) in [5, 5.41) is 5.69. The molecule has 1 N–H and O–H groups in total. The molecule has 1 atom stereocenters. The van der Waals surface area contributed by atoms with Gasteiger partial charge < -0.3 is 15.0 Å². The van der Waals surface area contributed by atoms with Gasteiger partial charge in [0.1, 0.15) is 11.8 Å². The molecule has 1 saturated carbocycles. The standard InChI is InChI=1S/C27H29ClN2O3/c1-19(27(32)29-23-12-3-4-13-23)30(17-20-8-6-11-22(28)16-20)26(31)18-33-25-15-7-10-21-9-2-5-14-24(21)25/h2,5-11,14-16,19,23H,3-4,12-13,17-18H2,1H3,(H,29,32). The third-order valence-electron chi connectivity index (χ3n) is 6.21. The van der Waals surface area contributed by atoms with E-state index >= 15 is 0 Å². The van der Waals surface area contributed by atoms with Crippen molar-refractivity contribution in [3.8, 4) is 5.75 Å². The molecule has 6 heteroatoms. The van der Waals surface area contributed by atoms with Crippen LogP contribution in [0.15, 0.2) is 66.7 Å². The van der Waals surface area contributed by atoms with Crippen LogP contribution in [0.5, 0.6) is 5.75 Å². The summed E-state index contributed by atoms with van der Waals surface area (Å²) < 4.78 is 5.94. The van der Waals surface area contributed by atoms with Crippen LogP contribution in [0.1, 0.15) is 38.2 Å². The lowest BCUT2D eigenvalue weighted by Gasteiger charge is -2.29. The van der Waals surface area contributed by atoms with E-state index < -0.39 is 6.04 Å². The molecular formula is C27H29ClN2O3. The first kappa shape index (κ1) is 23.1. The number of nitrogens with zero attached hydrogens (tertiary/aromatic N) is 1. The Morgan fingerprint density at radius 3 is 2.58 bits per heavy atom. The van der Waals surface area contributed by atoms with Crippen LogP contribution in [-0.4, -0.2) is 35.4 Å². The van der Waals surface area contributed by atoms with Crippen molar-refractivity contribution in [2.75, 3.05) is 6.61 Å². The molecule has 1 aliphatic carbocycles. The Balaban J connectivity index is 1.50. The second-order valence-corrected chi connectivity index (χ2v) is 9.02. The average Bonchev–Trinajstić information content (AvgIpc) is 3.33. The Labute approximate surface area is 199 Å². The highest BCUT2D eigenvalue weighted by molar-refractivity contribution is 6.30. The molecule has 33 heavy (non-hydrogen) atoms. The molecule has 0 radical (unpaired) electrons. The number of fused-ring (bicyclic) bond motifs is 1. The molecule has 0 bridgehead atoms. The van der Waals surface area contributed by atoms with E-state index in [-0.39, 0.29) is 31.0 Å². The fraction of sp³-hybridized carbons (Fsp3) is 0.333. The lowest BCUT2D eigenvalue weighted by atomic mass is 10.1. The van der Waals surface area contributed by atoms with Gasteiger partial charge in [-0.2, -0.15) is 0 Å². The van der Waals surface area contributed by atoms with Gasteiger partial charge in [-0.3, -0.25) is 9.59 Å². The fourth-order valence-corrected chi connectivity index (χ4v) is 4.56. The minimum atomic E-state index is -0.631. The van der Waals surface area contributed by atoms with E-state index in [0.29, 0.717) is 10.8 Å². The summed E-state index contributed by atoms with van der Waals surface area (Å²) >= 11 is 6.15. The predicted octanol–water partition coefficient (Wildman–Crippen LogP) is 5.35. The minimum absolute atomic E-state index is 0.137. The zero-order valence-corrected chi connectivity index (χ0v) is 19.6. The summed E-state index contributed by atoms with van der Waals surface area (Å²) in [6.45, 7) is 1.89. The Morgan fingerprint density at radius 2 is 1.79 bits per heavy atom. The maximum Gasteiger partial charge on any atom is 0.261 e. The van der Waals surface area contributed by atoms with Gasteiger partial charge in [0.2, 0.25) is 5.91 Å². The molecule has 1 fully saturated rings. The van der Waals surface area contributed by atoms with Gasteiger partial charge in [-0.15, -0.1) is 0 Å². The van der Waals surface area contributed by atoms with Gasteiger partial charge in [0.05, 0.1) is 0 Å². The number of hydrogen-bond donors (Lipinski definition) is 1. The molecule has 3 aromatic carbocycles. The van der Waals surface area contributed by atoms with Crippen LogP contribution in [0.3, 0.4) is 0 Å². The van der Waals surface area contributed by atoms with Crippen LogP contribution in [0, 0.1) is 0 Å². The van der Waals surface area contributed by atoms with Crippen molar-refractivity contribution in [2.45, 2.75) is 51.2 Å². The van der Waals surface area contributed by atoms with Gasteiger partial charge in [-0.25, -0.2) is 0 Å². The van der Waals surface area contributed by atoms with Crippen LogP contribution >= 0.6 is 11.6 Å². The van der Waals surface area contributed by atoms with Crippen molar-refractivity contribution in [3.63, 3.8) is 0 Å². The Bertz CT molecular complexity index is 1120. The van der Waals surface area contributed by atoms with E-state index in [2.05, 4.69) is 5.32 Å². The summed E-state index contributed by atoms with van der Waals surface area (Å²) in [6.07, 6.45) is 4.24. The molecule has 1 unspecified atom stereocenters. The molecule has 2 amide bonds. The van der Waals surface area contributed by atoms with Crippen LogP contribution in [0.25, 0.3) is 10.8 Å². The first-order chi connectivity index (χ1) is 16.0. The molecule has 1 aliphatic rings. The van der Waals surface area contributed by atoms with Gasteiger partial charge >= 0.3 is 0 Å². The van der Waals surface area contributed by atoms with Gasteiger partial charge in [0.25, 0.3) is 5.91 Å². The summed E-state index contributed by atoms with van der Waals surface area (Å²) in [5.74, 6) is 0.256. The highest BCUT2D eigenvalue weighted by atomic mass is 35.5. The minimum Gasteiger partial charge on any atom is -0.483 e. The molecule has 172 valence electrons. The van der Waals surface area contributed by atoms with Crippen LogP contribution in [0.2, 0.25) is 5.02 Å². The quantitative estimate of drug-likeness (QED) is 0.489. The third-order valence-corrected chi connectivity index (χ3v) is 6.45. The second kappa shape index (κ2) is 10.7. The van der Waals surface area contributed by atoms with E-state index in [1.165, 1.54) is 0 Å². The van der Waals surface area contributed by atoms with E-state index in [0.717, 1.165) is 42.0 Å². The zero-order valence-electron chi connectivity index (χ0n) is 18.8. The van der Waals surface area contributed by atoms with E-state index in [4.69, 9.17) is 16.3 Å². The van der Waals surface area contributed by atoms with Gasteiger partial charge in [0.15, 0.2) is 6.61 Å². The maximum atomic E-state index is 13.3. The van der Waals surface area contributed by atoms with Crippen molar-refractivity contribution in [1.82, 2.24) is 10.2 Å². The van der Waals surface area contributed by atoms with Crippen LogP contribution in [0.4, 0.5) is 0 Å². The third kappa shape index (κ3) is 5.85. The Morgan fingerprint density at radius 1 is 1.06 bits per heavy atom. The number of hydrogen-bond acceptors (Lipinski definition) is 3. The zero-order chi connectivity index (χ0) is 23.2. The number of amides is 2. The summed E-state index contributed by atoms with van der Waals surface area (Å²) in [6, 6.07) is 20.6. The molecule has 5 nitrogen and oxygen atoms in total. The normalized spacial score (nSPS) is 14.7. The van der Waals surface area contributed by atoms with Crippen molar-refractivity contribution >= 4 is 34.2 Å². The summed E-state index contributed by atoms with van der Waals surface area (Å²) in [4.78, 5) is 27.9. The molecule has 0 aromatic heterocycles. The van der Waals surface area contributed by atoms with Crippen molar-refractivity contribution in [1.29, 1.82) is 0 Å². The van der Waals surface area contributed by atoms with Gasteiger partial charge in [-0.05, 0) is 48.9 Å². The lowest BCUT2D eigenvalue weighted by Crippen LogP contribution is -2.50. The van der Waals surface area contributed by atoms with E-state index in [1.54, 1.807) is 17.9 Å². The van der Waals surface area contributed by atoms with Crippen molar-refractivity contribution in [2.24, 2.45) is 0 Å². The fourth-order valence-electron chi connectivity index (χ4n) is 4.35. The number of ether oxygens (including phenoxy) is 1. The highest BCUT2D eigenvalue weighted by Gasteiger charge is 2.28. The van der Waals surface area contributed by atoms with E-state index in [9.17, 15) is 9.59 Å². The number of halogens is 1. The largest absolute Gasteiger partial charge is 0.483 e. The molecule has 0 saturated heterocycles. The second-order valence-electron chi connectivity index (χ2n) is 8.58. The number of rotatable bonds is 8. The van der Waals surface area contributed by atoms with E-state index in [1.807, 2.05) is 60.7 Å². The predicted molar refractivity (Wildman–Crippen MR) is 131 cm³/mol. The number of nitrogens with one attached hydrogen (secondary N) is 1. The van der Waals surface area contributed by atoms with Gasteiger partial charge in [-0.1, -0.05) is 73.0 Å². The lowest BCUT2D eigenvalue weighted by molar-refractivity contribution is -0.142. The molecule has 4 rings (SSSR count). The smallest absolute Gasteiger partial charge is 0.261 e. The number of benzene rings is 3. The van der Waals surface area contributed by atoms with Crippen molar-refractivity contribution in [3.05, 3.63) is 77.3 Å². The average molecular weight is 465 g/mol. The monoisotopic (exact) mass is 464 g/mol. The Kier molecular flexibility index (Phi) is 7.50. The topological polar surface area (TPSA) is 58.6 Å². The molecule has 0 spiro atoms. The molecule has 0 aliphatic heterocycles. The van der Waals surface area contributed by atoms with Crippen LogP contribution in [-0.2, 0) is 16.1 Å².